The van der Waals surface area contributed by atoms with Crippen LogP contribution in [0.3, 0.4) is 0 Å². The molecule has 0 spiro atoms. The lowest BCUT2D eigenvalue weighted by atomic mass is 10.4. The van der Waals surface area contributed by atoms with E-state index in [2.05, 4.69) is 15.4 Å². The van der Waals surface area contributed by atoms with Gasteiger partial charge in [-0.3, -0.25) is 0 Å². The van der Waals surface area contributed by atoms with Gasteiger partial charge in [0.05, 0.1) is 6.04 Å². The van der Waals surface area contributed by atoms with Crippen molar-refractivity contribution in [3.63, 3.8) is 0 Å². The van der Waals surface area contributed by atoms with Crippen molar-refractivity contribution in [3.8, 4) is 0 Å². The number of hydrogen-bond donors (Lipinski definition) is 0. The molecule has 0 N–H and O–H groups in total. The highest BCUT2D eigenvalue weighted by molar-refractivity contribution is 4.45. The van der Waals surface area contributed by atoms with Gasteiger partial charge in [-0.15, -0.1) is 10.2 Å². The maximum Gasteiger partial charge on any atom is 0.162 e. The van der Waals surface area contributed by atoms with Gasteiger partial charge in [0.2, 0.25) is 0 Å². The van der Waals surface area contributed by atoms with Crippen LogP contribution in [0.25, 0.3) is 0 Å². The molecule has 0 radical (unpaired) electrons. The molecular formula is C4H8N4. The third-order valence-electron chi connectivity index (χ3n) is 0.827. The predicted octanol–water partition coefficient (Wildman–Crippen LogP) is 0.254. The molecule has 1 aromatic heterocycles. The minimum absolute atomic E-state index is 0.317. The van der Waals surface area contributed by atoms with E-state index in [1.165, 1.54) is 6.33 Å². The molecule has 0 aliphatic heterocycles. The molecular weight excluding hydrogens is 104 g/mol. The van der Waals surface area contributed by atoms with E-state index in [0.717, 1.165) is 0 Å². The molecule has 0 saturated carbocycles. The third-order valence-corrected chi connectivity index (χ3v) is 0.827. The highest BCUT2D eigenvalue weighted by atomic mass is 15.6. The predicted molar refractivity (Wildman–Crippen MR) is 28.2 cm³/mol. The van der Waals surface area contributed by atoms with E-state index in [0.29, 0.717) is 6.04 Å². The number of nitrogens with zero attached hydrogens (tertiary/aromatic N) is 4. The molecule has 0 atom stereocenters. The lowest BCUT2D eigenvalue weighted by molar-refractivity contribution is 0.455. The molecule has 0 aromatic carbocycles. The van der Waals surface area contributed by atoms with Crippen LogP contribution in [0.15, 0.2) is 6.33 Å². The second kappa shape index (κ2) is 1.90. The average Bonchev–Trinajstić information content (AvgIpc) is 2.12. The molecule has 44 valence electrons. The minimum Gasteiger partial charge on any atom is -0.162 e. The second-order valence-corrected chi connectivity index (χ2v) is 1.85. The number of aromatic nitrogens is 4. The van der Waals surface area contributed by atoms with Crippen LogP contribution in [-0.2, 0) is 0 Å². The van der Waals surface area contributed by atoms with Gasteiger partial charge in [0.25, 0.3) is 0 Å². The monoisotopic (exact) mass is 112 g/mol. The van der Waals surface area contributed by atoms with E-state index in [-0.39, 0.29) is 0 Å². The van der Waals surface area contributed by atoms with Crippen molar-refractivity contribution in [1.82, 2.24) is 20.2 Å². The van der Waals surface area contributed by atoms with Gasteiger partial charge < -0.3 is 0 Å². The molecule has 1 aromatic rings. The minimum atomic E-state index is 0.317. The Balaban J connectivity index is 2.77. The van der Waals surface area contributed by atoms with Gasteiger partial charge in [0.1, 0.15) is 0 Å². The summed E-state index contributed by atoms with van der Waals surface area (Å²) in [5.74, 6) is 0. The Morgan fingerprint density at radius 3 is 2.50 bits per heavy atom. The molecule has 1 rings (SSSR count). The Morgan fingerprint density at radius 2 is 2.25 bits per heavy atom. The first-order valence-electron chi connectivity index (χ1n) is 2.53. The van der Waals surface area contributed by atoms with E-state index < -0.39 is 0 Å². The summed E-state index contributed by atoms with van der Waals surface area (Å²) < 4.78 is 0. The van der Waals surface area contributed by atoms with E-state index in [4.69, 9.17) is 0 Å². The Kier molecular flexibility index (Phi) is 1.24. The zero-order valence-corrected chi connectivity index (χ0v) is 4.94. The quantitative estimate of drug-likeness (QED) is 0.523. The van der Waals surface area contributed by atoms with Crippen LogP contribution in [0.4, 0.5) is 0 Å². The lowest BCUT2D eigenvalue weighted by Crippen LogP contribution is -2.04. The summed E-state index contributed by atoms with van der Waals surface area (Å²) >= 11 is 0. The van der Waals surface area contributed by atoms with Crippen molar-refractivity contribution in [2.45, 2.75) is 19.9 Å². The highest BCUT2D eigenvalue weighted by Gasteiger charge is 1.94. The average molecular weight is 112 g/mol. The molecule has 8 heavy (non-hydrogen) atoms. The van der Waals surface area contributed by atoms with Gasteiger partial charge in [0.15, 0.2) is 6.33 Å². The molecule has 0 fully saturated rings. The molecule has 0 aliphatic rings. The molecule has 1 heterocycles. The van der Waals surface area contributed by atoms with Crippen molar-refractivity contribution in [2.24, 2.45) is 0 Å². The van der Waals surface area contributed by atoms with Crippen LogP contribution in [-0.4, -0.2) is 20.2 Å². The topological polar surface area (TPSA) is 43.6 Å². The molecule has 0 bridgehead atoms. The van der Waals surface area contributed by atoms with Crippen molar-refractivity contribution < 1.29 is 0 Å². The number of tetrazole rings is 1. The fourth-order valence-electron chi connectivity index (χ4n) is 0.412. The first kappa shape index (κ1) is 5.21. The van der Waals surface area contributed by atoms with Gasteiger partial charge in [0, 0.05) is 0 Å². The molecule has 0 saturated heterocycles. The first-order chi connectivity index (χ1) is 3.80. The Morgan fingerprint density at radius 1 is 1.50 bits per heavy atom. The van der Waals surface area contributed by atoms with Crippen LogP contribution >= 0.6 is 0 Å². The maximum atomic E-state index is 3.81. The molecule has 0 aliphatic carbocycles. The maximum absolute atomic E-state index is 3.81. The summed E-state index contributed by atoms with van der Waals surface area (Å²) in [5, 5.41) is 11.0. The van der Waals surface area contributed by atoms with Gasteiger partial charge >= 0.3 is 0 Å². The SMILES string of the molecule is CC(C)n1ncnn1. The molecule has 4 nitrogen and oxygen atoms in total. The summed E-state index contributed by atoms with van der Waals surface area (Å²) in [6, 6.07) is 0.317. The Hall–Kier alpha value is -0.930. The van der Waals surface area contributed by atoms with E-state index in [9.17, 15) is 0 Å². The largest absolute Gasteiger partial charge is 0.162 e. The molecule has 4 heteroatoms. The van der Waals surface area contributed by atoms with Crippen LogP contribution in [0.2, 0.25) is 0 Å². The van der Waals surface area contributed by atoms with Crippen molar-refractivity contribution in [2.75, 3.05) is 0 Å². The third kappa shape index (κ3) is 0.828. The van der Waals surface area contributed by atoms with Crippen molar-refractivity contribution >= 4 is 0 Å². The van der Waals surface area contributed by atoms with Gasteiger partial charge in [-0.2, -0.15) is 4.80 Å². The van der Waals surface area contributed by atoms with Crippen LogP contribution < -0.4 is 0 Å². The van der Waals surface area contributed by atoms with Crippen LogP contribution in [0, 0.1) is 0 Å². The zero-order chi connectivity index (χ0) is 5.98. The van der Waals surface area contributed by atoms with Crippen LogP contribution in [0.5, 0.6) is 0 Å². The highest BCUT2D eigenvalue weighted by Crippen LogP contribution is 1.93. The lowest BCUT2D eigenvalue weighted by Gasteiger charge is -1.97. The fraction of sp³-hybridized carbons (Fsp3) is 0.750. The molecule has 0 unspecified atom stereocenters. The first-order valence-corrected chi connectivity index (χ1v) is 2.53. The summed E-state index contributed by atoms with van der Waals surface area (Å²) in [6.07, 6.45) is 1.43. The Bertz CT molecular complexity index is 143. The fourth-order valence-corrected chi connectivity index (χ4v) is 0.412. The zero-order valence-electron chi connectivity index (χ0n) is 4.94. The van der Waals surface area contributed by atoms with E-state index in [1.807, 2.05) is 13.8 Å². The van der Waals surface area contributed by atoms with Crippen LogP contribution in [0.1, 0.15) is 19.9 Å². The van der Waals surface area contributed by atoms with E-state index >= 15 is 0 Å². The standard InChI is InChI=1S/C4H8N4/c1-4(2)8-6-3-5-7-8/h3-4H,1-2H3. The van der Waals surface area contributed by atoms with Gasteiger partial charge in [-0.1, -0.05) is 0 Å². The van der Waals surface area contributed by atoms with E-state index in [1.54, 1.807) is 4.80 Å². The summed E-state index contributed by atoms with van der Waals surface area (Å²) in [5.41, 5.74) is 0. The van der Waals surface area contributed by atoms with Crippen molar-refractivity contribution in [1.29, 1.82) is 0 Å². The van der Waals surface area contributed by atoms with Crippen molar-refractivity contribution in [3.05, 3.63) is 6.33 Å². The van der Waals surface area contributed by atoms with Gasteiger partial charge in [-0.25, -0.2) is 0 Å². The van der Waals surface area contributed by atoms with Gasteiger partial charge in [-0.05, 0) is 19.1 Å². The Labute approximate surface area is 47.5 Å². The summed E-state index contributed by atoms with van der Waals surface area (Å²) in [7, 11) is 0. The summed E-state index contributed by atoms with van der Waals surface area (Å²) in [6.45, 7) is 4.00. The normalized spacial score (nSPS) is 10.4. The smallest absolute Gasteiger partial charge is 0.162 e. The number of hydrogen-bond acceptors (Lipinski definition) is 3. The number of rotatable bonds is 1. The summed E-state index contributed by atoms with van der Waals surface area (Å²) in [4.78, 5) is 1.56. The molecule has 0 amide bonds. The second-order valence-electron chi connectivity index (χ2n) is 1.85.